The average molecular weight is 362 g/mol. The Bertz CT molecular complexity index is 61.5. The molecule has 0 fully saturated rings. The minimum absolute atomic E-state index is 0. The predicted molar refractivity (Wildman–Crippen MR) is 5.75 cm³/mol. The van der Waals surface area contributed by atoms with Gasteiger partial charge in [0.05, 0.1) is 43.1 Å². The van der Waals surface area contributed by atoms with Crippen LogP contribution in [-0.4, -0.2) is 11.0 Å². The molecule has 0 saturated heterocycles. The minimum atomic E-state index is -2.85. The second-order valence-corrected chi connectivity index (χ2v) is 2.27. The van der Waals surface area contributed by atoms with E-state index in [1.54, 1.807) is 0 Å². The fraction of sp³-hybridized carbons (Fsp3) is 0. The molecule has 0 aliphatic rings. The summed E-state index contributed by atoms with van der Waals surface area (Å²) in [6.07, 6.45) is 0. The van der Waals surface area contributed by atoms with Gasteiger partial charge in [0.25, 0.3) is 0 Å². The predicted octanol–water partition coefficient (Wildman–Crippen LogP) is -14.6. The van der Waals surface area contributed by atoms with Crippen LogP contribution in [0.1, 0.15) is 0 Å². The van der Waals surface area contributed by atoms with Crippen LogP contribution in [0.3, 0.4) is 0 Å². The molecule has 0 heterocycles. The Labute approximate surface area is 110 Å². The van der Waals surface area contributed by atoms with Gasteiger partial charge in [-0.2, -0.15) is 0 Å². The number of hydrogen-bond donors (Lipinski definition) is 0. The quantitative estimate of drug-likeness (QED) is 0.363. The van der Waals surface area contributed by atoms with Crippen molar-refractivity contribution in [2.75, 3.05) is 0 Å². The summed E-state index contributed by atoms with van der Waals surface area (Å²) >= 11 is 0. The maximum atomic E-state index is 8.41. The summed E-state index contributed by atoms with van der Waals surface area (Å²) in [6.45, 7) is 0. The van der Waals surface area contributed by atoms with E-state index in [1.165, 1.54) is 0 Å². The molecule has 0 unspecified atom stereocenters. The second-order valence-electron chi connectivity index (χ2n) is 0.756. The number of hydrogen-bond acceptors (Lipinski definition) is 12. The van der Waals surface area contributed by atoms with Crippen LogP contribution in [0.2, 0.25) is 0 Å². The van der Waals surface area contributed by atoms with Crippen LogP contribution in [0.25, 0.3) is 0 Å². The molecular weight excluding hydrogens is 362 g/mol. The summed E-state index contributed by atoms with van der Waals surface area (Å²) in [7, 11) is -11.4. The smallest absolute Gasteiger partial charge is 0.357 e. The molecule has 0 radical (unpaired) electrons. The monoisotopic (exact) mass is 360 g/mol. The third-order valence-electron chi connectivity index (χ3n) is 0. The molecule has 0 aromatic heterocycles. The van der Waals surface area contributed by atoms with Crippen molar-refractivity contribution in [3.05, 3.63) is 0 Å². The third-order valence-corrected chi connectivity index (χ3v) is 0. The van der Waals surface area contributed by atoms with Gasteiger partial charge in [0.1, 0.15) is 0 Å². The van der Waals surface area contributed by atoms with Crippen molar-refractivity contribution in [2.45, 2.75) is 0 Å². The summed E-state index contributed by atoms with van der Waals surface area (Å²) in [5.74, 6) is 0. The molecule has 104 valence electrons. The number of halogens is 4. The SMILES string of the molecule is [O-][Cl+2]([O-])[O-].[O-][Cl+2]([O-])[O-].[O-][Cl+2]([O-])[O-].[O-][Cl+2]([O-])[O-].[Si+4]. The molecule has 0 amide bonds. The van der Waals surface area contributed by atoms with E-state index in [-0.39, 0.29) is 11.0 Å². The van der Waals surface area contributed by atoms with Crippen LogP contribution in [-0.2, 0) is 0 Å². The van der Waals surface area contributed by atoms with Crippen molar-refractivity contribution in [2.24, 2.45) is 0 Å². The molecule has 0 bridgehead atoms. The Morgan fingerprint density at radius 3 is 0.294 bits per heavy atom. The second kappa shape index (κ2) is 25.7. The first-order chi connectivity index (χ1) is 6.93. The van der Waals surface area contributed by atoms with E-state index in [9.17, 15) is 0 Å². The zero-order chi connectivity index (χ0) is 14.3. The van der Waals surface area contributed by atoms with Crippen molar-refractivity contribution in [3.8, 4) is 0 Å². The summed E-state index contributed by atoms with van der Waals surface area (Å²) in [4.78, 5) is 0. The molecule has 0 aromatic carbocycles. The molecule has 17 heavy (non-hydrogen) atoms. The molecule has 0 aromatic rings. The van der Waals surface area contributed by atoms with E-state index < -0.39 is 43.1 Å². The van der Waals surface area contributed by atoms with Gasteiger partial charge in [0.2, 0.25) is 0 Å². The van der Waals surface area contributed by atoms with E-state index >= 15 is 0 Å². The summed E-state index contributed by atoms with van der Waals surface area (Å²) in [5, 5.41) is 0. The normalized spacial score (nSPS) is 8.47. The maximum Gasteiger partial charge on any atom is 4.00 e. The minimum Gasteiger partial charge on any atom is -0.357 e. The average Bonchev–Trinajstić information content (AvgIpc) is 1.76. The molecule has 12 nitrogen and oxygen atoms in total. The Kier molecular flexibility index (Phi) is 46.4. The van der Waals surface area contributed by atoms with Crippen LogP contribution < -0.4 is 55.9 Å². The van der Waals surface area contributed by atoms with Gasteiger partial charge in [-0.05, 0) is 0 Å². The molecule has 17 heteroatoms. The molecular formula is Cl4O12Si. The largest absolute Gasteiger partial charge is 4.00 e. The van der Waals surface area contributed by atoms with Crippen molar-refractivity contribution in [1.82, 2.24) is 0 Å². The van der Waals surface area contributed by atoms with E-state index in [4.69, 9.17) is 55.9 Å². The van der Waals surface area contributed by atoms with Gasteiger partial charge in [-0.1, -0.05) is 0 Å². The molecule has 0 aliphatic heterocycles. The zero-order valence-electron chi connectivity index (χ0n) is 6.91. The summed E-state index contributed by atoms with van der Waals surface area (Å²) < 4.78 is 101. The van der Waals surface area contributed by atoms with Gasteiger partial charge in [0, 0.05) is 0 Å². The molecule has 0 spiro atoms. The molecule has 0 N–H and O–H groups in total. The molecule has 0 saturated carbocycles. The first-order valence-electron chi connectivity index (χ1n) is 1.85. The molecule has 0 atom stereocenters. The van der Waals surface area contributed by atoms with Gasteiger partial charge >= 0.3 is 11.0 Å². The van der Waals surface area contributed by atoms with Gasteiger partial charge in [-0.3, -0.25) is 0 Å². The van der Waals surface area contributed by atoms with Crippen LogP contribution in [0.15, 0.2) is 0 Å². The first kappa shape index (κ1) is 30.7. The standard InChI is InChI=1S/4ClO3.Si/c4*2-1(3)4;/q4*-1;+4. The van der Waals surface area contributed by atoms with Crippen molar-refractivity contribution >= 4 is 11.0 Å². The van der Waals surface area contributed by atoms with Crippen molar-refractivity contribution < 1.29 is 99.0 Å². The molecule has 0 aliphatic carbocycles. The molecule has 0 rings (SSSR count). The first-order valence-corrected chi connectivity index (χ1v) is 5.55. The Morgan fingerprint density at radius 1 is 0.294 bits per heavy atom. The zero-order valence-corrected chi connectivity index (χ0v) is 10.9. The Balaban J connectivity index is -0.0000000369. The van der Waals surface area contributed by atoms with Crippen LogP contribution in [0, 0.1) is 43.1 Å². The van der Waals surface area contributed by atoms with E-state index in [2.05, 4.69) is 0 Å². The van der Waals surface area contributed by atoms with Gasteiger partial charge in [0.15, 0.2) is 0 Å². The fourth-order valence-corrected chi connectivity index (χ4v) is 0. The Morgan fingerprint density at radius 2 is 0.294 bits per heavy atom. The summed E-state index contributed by atoms with van der Waals surface area (Å²) in [5.41, 5.74) is 0. The van der Waals surface area contributed by atoms with E-state index in [1.807, 2.05) is 0 Å². The van der Waals surface area contributed by atoms with E-state index in [0.717, 1.165) is 0 Å². The van der Waals surface area contributed by atoms with Gasteiger partial charge in [-0.15, -0.1) is 0 Å². The third kappa shape index (κ3) is 4660. The van der Waals surface area contributed by atoms with Crippen LogP contribution in [0.4, 0.5) is 0 Å². The van der Waals surface area contributed by atoms with Gasteiger partial charge in [-0.25, -0.2) is 0 Å². The number of rotatable bonds is 0. The topological polar surface area (TPSA) is 277 Å². The maximum absolute atomic E-state index is 8.41. The van der Waals surface area contributed by atoms with E-state index in [0.29, 0.717) is 0 Å². The van der Waals surface area contributed by atoms with Crippen molar-refractivity contribution in [3.63, 3.8) is 0 Å². The fourth-order valence-electron chi connectivity index (χ4n) is 0. The van der Waals surface area contributed by atoms with Gasteiger partial charge < -0.3 is 55.9 Å². The van der Waals surface area contributed by atoms with Crippen molar-refractivity contribution in [1.29, 1.82) is 0 Å². The summed E-state index contributed by atoms with van der Waals surface area (Å²) in [6, 6.07) is 0. The Hall–Kier alpha value is 0.897. The van der Waals surface area contributed by atoms with Crippen LogP contribution in [0.5, 0.6) is 0 Å². The van der Waals surface area contributed by atoms with Crippen LogP contribution >= 0.6 is 0 Å².